The average molecular weight is 265 g/mol. The predicted molar refractivity (Wildman–Crippen MR) is 81.5 cm³/mol. The van der Waals surface area contributed by atoms with Crippen molar-refractivity contribution in [1.82, 2.24) is 5.32 Å². The van der Waals surface area contributed by atoms with Crippen LogP contribution in [-0.4, -0.2) is 7.05 Å². The van der Waals surface area contributed by atoms with E-state index in [0.717, 1.165) is 5.92 Å². The normalized spacial score (nSPS) is 19.1. The van der Waals surface area contributed by atoms with Crippen LogP contribution in [-0.2, 0) is 12.8 Å². The van der Waals surface area contributed by atoms with Crippen LogP contribution in [0.1, 0.15) is 67.3 Å². The molecule has 1 aliphatic carbocycles. The minimum absolute atomic E-state index is 0.567. The monoisotopic (exact) mass is 265 g/mol. The molecule has 2 atom stereocenters. The van der Waals surface area contributed by atoms with Gasteiger partial charge in [-0.05, 0) is 56.7 Å². The predicted octanol–water partition coefficient (Wildman–Crippen LogP) is 4.71. The number of fused-ring (bicyclic) bond motifs is 1. The molecule has 102 valence electrons. The summed E-state index contributed by atoms with van der Waals surface area (Å²) < 4.78 is 0. The summed E-state index contributed by atoms with van der Waals surface area (Å²) in [6, 6.07) is 3.06. The molecule has 0 aromatic carbocycles. The number of aryl methyl sites for hydroxylation is 2. The van der Waals surface area contributed by atoms with E-state index in [-0.39, 0.29) is 0 Å². The van der Waals surface area contributed by atoms with Crippen LogP contribution in [0.2, 0.25) is 0 Å². The van der Waals surface area contributed by atoms with E-state index in [9.17, 15) is 0 Å². The molecular formula is C16H27NS. The molecule has 2 rings (SSSR count). The van der Waals surface area contributed by atoms with E-state index in [1.165, 1.54) is 44.9 Å². The molecule has 0 amide bonds. The summed E-state index contributed by atoms with van der Waals surface area (Å²) in [5.74, 6) is 0.810. The van der Waals surface area contributed by atoms with Gasteiger partial charge in [0, 0.05) is 15.8 Å². The third-order valence-corrected chi connectivity index (χ3v) is 5.64. The van der Waals surface area contributed by atoms with Crippen molar-refractivity contribution in [3.8, 4) is 0 Å². The smallest absolute Gasteiger partial charge is 0.0415 e. The molecule has 0 radical (unpaired) electrons. The Balaban J connectivity index is 2.11. The molecule has 1 aliphatic rings. The molecule has 0 saturated heterocycles. The van der Waals surface area contributed by atoms with Crippen LogP contribution in [0.4, 0.5) is 0 Å². The first-order valence-corrected chi connectivity index (χ1v) is 8.35. The number of nitrogens with one attached hydrogen (secondary N) is 1. The van der Waals surface area contributed by atoms with Crippen LogP contribution in [0, 0.1) is 5.92 Å². The topological polar surface area (TPSA) is 12.0 Å². The van der Waals surface area contributed by atoms with E-state index in [1.807, 2.05) is 0 Å². The van der Waals surface area contributed by atoms with E-state index in [1.54, 1.807) is 15.3 Å². The van der Waals surface area contributed by atoms with Crippen LogP contribution < -0.4 is 5.32 Å². The third kappa shape index (κ3) is 3.36. The molecule has 2 heteroatoms. The SMILES string of the molecule is CCC(C)CC(NC)c1cc2c(s1)CCCCC2. The highest BCUT2D eigenvalue weighted by Crippen LogP contribution is 2.34. The summed E-state index contributed by atoms with van der Waals surface area (Å²) in [5.41, 5.74) is 1.65. The minimum atomic E-state index is 0.567. The van der Waals surface area contributed by atoms with Crippen molar-refractivity contribution < 1.29 is 0 Å². The second-order valence-corrected chi connectivity index (χ2v) is 6.92. The summed E-state index contributed by atoms with van der Waals surface area (Å²) in [5, 5.41) is 3.52. The van der Waals surface area contributed by atoms with Gasteiger partial charge in [0.2, 0.25) is 0 Å². The van der Waals surface area contributed by atoms with Gasteiger partial charge in [0.1, 0.15) is 0 Å². The first-order chi connectivity index (χ1) is 8.74. The zero-order valence-corrected chi connectivity index (χ0v) is 12.9. The Labute approximate surface area is 116 Å². The first-order valence-electron chi connectivity index (χ1n) is 7.53. The Morgan fingerprint density at radius 1 is 1.28 bits per heavy atom. The van der Waals surface area contributed by atoms with E-state index < -0.39 is 0 Å². The van der Waals surface area contributed by atoms with E-state index in [4.69, 9.17) is 0 Å². The van der Waals surface area contributed by atoms with E-state index >= 15 is 0 Å². The second kappa shape index (κ2) is 6.72. The molecule has 0 bridgehead atoms. The molecule has 1 heterocycles. The lowest BCUT2D eigenvalue weighted by Crippen LogP contribution is -2.17. The van der Waals surface area contributed by atoms with Crippen LogP contribution >= 0.6 is 11.3 Å². The van der Waals surface area contributed by atoms with Gasteiger partial charge in [-0.15, -0.1) is 11.3 Å². The Bertz CT molecular complexity index is 346. The maximum absolute atomic E-state index is 3.52. The fourth-order valence-corrected chi connectivity index (χ4v) is 4.19. The van der Waals surface area contributed by atoms with Gasteiger partial charge in [-0.1, -0.05) is 26.7 Å². The van der Waals surface area contributed by atoms with Crippen molar-refractivity contribution in [3.05, 3.63) is 21.4 Å². The van der Waals surface area contributed by atoms with Crippen molar-refractivity contribution in [2.75, 3.05) is 7.05 Å². The first kappa shape index (κ1) is 14.1. The maximum Gasteiger partial charge on any atom is 0.0415 e. The van der Waals surface area contributed by atoms with Crippen LogP contribution in [0.3, 0.4) is 0 Å². The van der Waals surface area contributed by atoms with E-state index in [0.29, 0.717) is 6.04 Å². The molecule has 1 nitrogen and oxygen atoms in total. The van der Waals surface area contributed by atoms with Gasteiger partial charge in [0.05, 0.1) is 0 Å². The zero-order valence-electron chi connectivity index (χ0n) is 12.1. The molecule has 18 heavy (non-hydrogen) atoms. The molecule has 1 aromatic rings. The summed E-state index contributed by atoms with van der Waals surface area (Å²) in [6.07, 6.45) is 9.38. The fourth-order valence-electron chi connectivity index (χ4n) is 2.81. The van der Waals surface area contributed by atoms with Gasteiger partial charge in [-0.3, -0.25) is 0 Å². The molecule has 0 spiro atoms. The second-order valence-electron chi connectivity index (χ2n) is 5.75. The minimum Gasteiger partial charge on any atom is -0.312 e. The maximum atomic E-state index is 3.52. The highest BCUT2D eigenvalue weighted by Gasteiger charge is 2.18. The highest BCUT2D eigenvalue weighted by atomic mass is 32.1. The Hall–Kier alpha value is -0.340. The molecule has 1 N–H and O–H groups in total. The summed E-state index contributed by atoms with van der Waals surface area (Å²) >= 11 is 2.07. The van der Waals surface area contributed by atoms with Crippen LogP contribution in [0.15, 0.2) is 6.07 Å². The number of hydrogen-bond acceptors (Lipinski definition) is 2. The van der Waals surface area contributed by atoms with Crippen LogP contribution in [0.5, 0.6) is 0 Å². The van der Waals surface area contributed by atoms with Gasteiger partial charge >= 0.3 is 0 Å². The Morgan fingerprint density at radius 2 is 2.06 bits per heavy atom. The summed E-state index contributed by atoms with van der Waals surface area (Å²) in [7, 11) is 2.11. The van der Waals surface area contributed by atoms with E-state index in [2.05, 4.69) is 43.6 Å². The fraction of sp³-hybridized carbons (Fsp3) is 0.750. The highest BCUT2D eigenvalue weighted by molar-refractivity contribution is 7.12. The summed E-state index contributed by atoms with van der Waals surface area (Å²) in [6.45, 7) is 4.66. The van der Waals surface area contributed by atoms with Crippen molar-refractivity contribution in [3.63, 3.8) is 0 Å². The van der Waals surface area contributed by atoms with Gasteiger partial charge in [-0.25, -0.2) is 0 Å². The van der Waals surface area contributed by atoms with Gasteiger partial charge in [-0.2, -0.15) is 0 Å². The molecule has 0 saturated carbocycles. The zero-order chi connectivity index (χ0) is 13.0. The van der Waals surface area contributed by atoms with Gasteiger partial charge < -0.3 is 5.32 Å². The van der Waals surface area contributed by atoms with Crippen molar-refractivity contribution >= 4 is 11.3 Å². The lowest BCUT2D eigenvalue weighted by molar-refractivity contribution is 0.426. The van der Waals surface area contributed by atoms with Crippen LogP contribution in [0.25, 0.3) is 0 Å². The largest absolute Gasteiger partial charge is 0.312 e. The molecule has 1 aromatic heterocycles. The standard InChI is InChI=1S/C16H27NS/c1-4-12(2)10-14(17-3)16-11-13-8-6-5-7-9-15(13)18-16/h11-12,14,17H,4-10H2,1-3H3. The Kier molecular flexibility index (Phi) is 5.25. The number of rotatable bonds is 5. The number of thiophene rings is 1. The van der Waals surface area contributed by atoms with Crippen molar-refractivity contribution in [1.29, 1.82) is 0 Å². The average Bonchev–Trinajstić information content (AvgIpc) is 2.66. The Morgan fingerprint density at radius 3 is 2.78 bits per heavy atom. The molecule has 2 unspecified atom stereocenters. The number of hydrogen-bond donors (Lipinski definition) is 1. The third-order valence-electron chi connectivity index (χ3n) is 4.29. The van der Waals surface area contributed by atoms with Gasteiger partial charge in [0.25, 0.3) is 0 Å². The van der Waals surface area contributed by atoms with Gasteiger partial charge in [0.15, 0.2) is 0 Å². The molecular weight excluding hydrogens is 238 g/mol. The molecule has 0 fully saturated rings. The lowest BCUT2D eigenvalue weighted by Gasteiger charge is -2.18. The van der Waals surface area contributed by atoms with Crippen molar-refractivity contribution in [2.24, 2.45) is 5.92 Å². The lowest BCUT2D eigenvalue weighted by atomic mass is 9.98. The molecule has 0 aliphatic heterocycles. The quantitative estimate of drug-likeness (QED) is 0.760. The van der Waals surface area contributed by atoms with Crippen molar-refractivity contribution in [2.45, 2.75) is 64.8 Å². The summed E-state index contributed by atoms with van der Waals surface area (Å²) in [4.78, 5) is 3.25.